The van der Waals surface area contributed by atoms with E-state index in [1.54, 1.807) is 13.1 Å². The molecule has 0 bridgehead atoms. The van der Waals surface area contributed by atoms with Crippen molar-refractivity contribution in [2.24, 2.45) is 0 Å². The minimum atomic E-state index is -3.85. The van der Waals surface area contributed by atoms with Crippen LogP contribution in [0.25, 0.3) is 0 Å². The summed E-state index contributed by atoms with van der Waals surface area (Å²) in [7, 11) is -3.85. The number of nitrogens with one attached hydrogen (secondary N) is 2. The van der Waals surface area contributed by atoms with E-state index in [-0.39, 0.29) is 15.5 Å². The predicted octanol–water partition coefficient (Wildman–Crippen LogP) is 1.97. The normalized spacial score (nSPS) is 12.8. The summed E-state index contributed by atoms with van der Waals surface area (Å²) in [4.78, 5) is -0.136. The number of nitrogens with zero attached hydrogens (tertiary/aromatic N) is 2. The van der Waals surface area contributed by atoms with Crippen LogP contribution in [0.1, 0.15) is 24.1 Å². The first kappa shape index (κ1) is 14.5. The third-order valence-corrected chi connectivity index (χ3v) is 4.52. The van der Waals surface area contributed by atoms with Crippen molar-refractivity contribution in [1.82, 2.24) is 14.9 Å². The van der Waals surface area contributed by atoms with Gasteiger partial charge in [0.15, 0.2) is 0 Å². The summed E-state index contributed by atoms with van der Waals surface area (Å²) in [5.41, 5.74) is 0.732. The first-order valence-corrected chi connectivity index (χ1v) is 7.51. The molecule has 0 aliphatic rings. The largest absolute Gasteiger partial charge is 0.285 e. The monoisotopic (exact) mass is 310 g/mol. The number of H-pyrrole nitrogens is 1. The standard InChI is InChI=1S/C12H11ClN4O2S/c1-8(10-6-15-16-7-10)17-20(18,19)12-4-11(13)3-2-9(12)5-14/h2-4,6-8,17H,1H3,(H,15,16). The van der Waals surface area contributed by atoms with Crippen molar-refractivity contribution in [2.75, 3.05) is 0 Å². The number of sulfonamides is 1. The van der Waals surface area contributed by atoms with Crippen LogP contribution >= 0.6 is 11.6 Å². The molecule has 6 nitrogen and oxygen atoms in total. The fourth-order valence-electron chi connectivity index (χ4n) is 1.67. The lowest BCUT2D eigenvalue weighted by atomic mass is 10.2. The van der Waals surface area contributed by atoms with E-state index in [1.807, 2.05) is 6.07 Å². The highest BCUT2D eigenvalue weighted by Crippen LogP contribution is 2.22. The zero-order valence-electron chi connectivity index (χ0n) is 10.5. The van der Waals surface area contributed by atoms with Gasteiger partial charge in [-0.15, -0.1) is 0 Å². The third kappa shape index (κ3) is 2.99. The SMILES string of the molecule is CC(NS(=O)(=O)c1cc(Cl)ccc1C#N)c1cn[nH]c1. The Morgan fingerprint density at radius 2 is 2.25 bits per heavy atom. The number of nitriles is 1. The van der Waals surface area contributed by atoms with E-state index in [0.29, 0.717) is 5.56 Å². The highest BCUT2D eigenvalue weighted by atomic mass is 35.5. The molecule has 0 fully saturated rings. The molecule has 2 N–H and O–H groups in total. The number of rotatable bonds is 4. The van der Waals surface area contributed by atoms with E-state index >= 15 is 0 Å². The number of aromatic amines is 1. The topological polar surface area (TPSA) is 98.6 Å². The van der Waals surface area contributed by atoms with E-state index in [4.69, 9.17) is 16.9 Å². The van der Waals surface area contributed by atoms with Crippen LogP contribution in [0.3, 0.4) is 0 Å². The molecule has 2 rings (SSSR count). The molecule has 0 spiro atoms. The lowest BCUT2D eigenvalue weighted by Crippen LogP contribution is -2.27. The molecule has 1 atom stereocenters. The molecule has 0 aliphatic heterocycles. The van der Waals surface area contributed by atoms with Crippen LogP contribution < -0.4 is 4.72 Å². The quantitative estimate of drug-likeness (QED) is 0.902. The fourth-order valence-corrected chi connectivity index (χ4v) is 3.32. The van der Waals surface area contributed by atoms with Crippen LogP contribution in [-0.4, -0.2) is 18.6 Å². The van der Waals surface area contributed by atoms with Gasteiger partial charge in [0.2, 0.25) is 10.0 Å². The van der Waals surface area contributed by atoms with Crippen molar-refractivity contribution >= 4 is 21.6 Å². The van der Waals surface area contributed by atoms with Gasteiger partial charge >= 0.3 is 0 Å². The van der Waals surface area contributed by atoms with Crippen LogP contribution in [0.4, 0.5) is 0 Å². The summed E-state index contributed by atoms with van der Waals surface area (Å²) >= 11 is 5.80. The zero-order chi connectivity index (χ0) is 14.8. The molecule has 0 saturated carbocycles. The number of benzene rings is 1. The molecule has 0 aliphatic carbocycles. The lowest BCUT2D eigenvalue weighted by Gasteiger charge is -2.13. The van der Waals surface area contributed by atoms with Gasteiger partial charge in [-0.25, -0.2) is 13.1 Å². The third-order valence-electron chi connectivity index (χ3n) is 2.70. The second-order valence-corrected chi connectivity index (χ2v) is 6.25. The van der Waals surface area contributed by atoms with E-state index < -0.39 is 16.1 Å². The number of hydrogen-bond acceptors (Lipinski definition) is 4. The molecule has 1 unspecified atom stereocenters. The highest BCUT2D eigenvalue weighted by molar-refractivity contribution is 7.89. The predicted molar refractivity (Wildman–Crippen MR) is 73.5 cm³/mol. The van der Waals surface area contributed by atoms with Gasteiger partial charge in [-0.2, -0.15) is 10.4 Å². The Hall–Kier alpha value is -1.88. The first-order valence-electron chi connectivity index (χ1n) is 5.64. The van der Waals surface area contributed by atoms with Crippen molar-refractivity contribution in [3.05, 3.63) is 46.7 Å². The van der Waals surface area contributed by atoms with Crippen molar-refractivity contribution < 1.29 is 8.42 Å². The Morgan fingerprint density at radius 3 is 2.85 bits per heavy atom. The van der Waals surface area contributed by atoms with Gasteiger partial charge in [0.05, 0.1) is 11.8 Å². The average Bonchev–Trinajstić information content (AvgIpc) is 2.92. The molecule has 1 aromatic carbocycles. The van der Waals surface area contributed by atoms with Gasteiger partial charge in [-0.05, 0) is 25.1 Å². The number of aromatic nitrogens is 2. The molecule has 20 heavy (non-hydrogen) atoms. The average molecular weight is 311 g/mol. The summed E-state index contributed by atoms with van der Waals surface area (Å²) in [5.74, 6) is 0. The number of hydrogen-bond donors (Lipinski definition) is 2. The van der Waals surface area contributed by atoms with Crippen LogP contribution in [0.2, 0.25) is 5.02 Å². The summed E-state index contributed by atoms with van der Waals surface area (Å²) in [6.45, 7) is 1.68. The molecule has 0 radical (unpaired) electrons. The maximum absolute atomic E-state index is 12.3. The molecule has 0 amide bonds. The van der Waals surface area contributed by atoms with Gasteiger partial charge in [0.25, 0.3) is 0 Å². The molecule has 8 heteroatoms. The van der Waals surface area contributed by atoms with Crippen molar-refractivity contribution in [1.29, 1.82) is 5.26 Å². The van der Waals surface area contributed by atoms with Crippen LogP contribution in [0.15, 0.2) is 35.5 Å². The van der Waals surface area contributed by atoms with E-state index in [2.05, 4.69) is 14.9 Å². The maximum Gasteiger partial charge on any atom is 0.242 e. The van der Waals surface area contributed by atoms with Gasteiger partial charge in [-0.3, -0.25) is 5.10 Å². The zero-order valence-corrected chi connectivity index (χ0v) is 12.0. The lowest BCUT2D eigenvalue weighted by molar-refractivity contribution is 0.566. The van der Waals surface area contributed by atoms with Crippen LogP contribution in [0, 0.1) is 11.3 Å². The van der Waals surface area contributed by atoms with Crippen molar-refractivity contribution in [3.63, 3.8) is 0 Å². The Bertz CT molecular complexity index is 750. The van der Waals surface area contributed by atoms with Crippen molar-refractivity contribution in [2.45, 2.75) is 17.9 Å². The van der Waals surface area contributed by atoms with E-state index in [1.165, 1.54) is 24.4 Å². The molecule has 2 aromatic rings. The molecular weight excluding hydrogens is 300 g/mol. The van der Waals surface area contributed by atoms with Gasteiger partial charge in [-0.1, -0.05) is 11.6 Å². The number of halogens is 1. The minimum absolute atomic E-state index is 0.0429. The minimum Gasteiger partial charge on any atom is -0.285 e. The molecule has 1 aromatic heterocycles. The Morgan fingerprint density at radius 1 is 1.50 bits per heavy atom. The second kappa shape index (κ2) is 5.63. The molecule has 0 saturated heterocycles. The van der Waals surface area contributed by atoms with Gasteiger partial charge in [0.1, 0.15) is 11.0 Å². The fraction of sp³-hybridized carbons (Fsp3) is 0.167. The Balaban J connectivity index is 2.36. The van der Waals surface area contributed by atoms with Gasteiger partial charge < -0.3 is 0 Å². The molecule has 104 valence electrons. The second-order valence-electron chi connectivity index (χ2n) is 4.13. The summed E-state index contributed by atoms with van der Waals surface area (Å²) in [6, 6.07) is 5.46. The van der Waals surface area contributed by atoms with Crippen molar-refractivity contribution in [3.8, 4) is 6.07 Å². The summed E-state index contributed by atoms with van der Waals surface area (Å²) < 4.78 is 27.1. The molecule has 1 heterocycles. The Kier molecular flexibility index (Phi) is 4.09. The molecular formula is C12H11ClN4O2S. The Labute approximate surface area is 121 Å². The first-order chi connectivity index (χ1) is 9.44. The highest BCUT2D eigenvalue weighted by Gasteiger charge is 2.22. The summed E-state index contributed by atoms with van der Waals surface area (Å²) in [6.07, 6.45) is 3.12. The maximum atomic E-state index is 12.3. The van der Waals surface area contributed by atoms with Crippen LogP contribution in [0.5, 0.6) is 0 Å². The smallest absolute Gasteiger partial charge is 0.242 e. The van der Waals surface area contributed by atoms with E-state index in [9.17, 15) is 8.42 Å². The van der Waals surface area contributed by atoms with Gasteiger partial charge in [0, 0.05) is 22.8 Å². The van der Waals surface area contributed by atoms with Crippen LogP contribution in [-0.2, 0) is 10.0 Å². The summed E-state index contributed by atoms with van der Waals surface area (Å²) in [5, 5.41) is 15.6. The van der Waals surface area contributed by atoms with E-state index in [0.717, 1.165) is 0 Å².